The quantitative estimate of drug-likeness (QED) is 0.797. The topological polar surface area (TPSA) is 39.2 Å². The molecule has 4 heteroatoms. The Kier molecular flexibility index (Phi) is 3.43. The van der Waals surface area contributed by atoms with Gasteiger partial charge in [0.15, 0.2) is 0 Å². The highest BCUT2D eigenvalue weighted by atomic mass is 79.9. The molecular formula is C13H12BrNO2. The zero-order valence-electron chi connectivity index (χ0n) is 9.66. The minimum atomic E-state index is -0.406. The molecule has 0 saturated heterocycles. The van der Waals surface area contributed by atoms with Crippen LogP contribution >= 0.6 is 15.9 Å². The zero-order valence-corrected chi connectivity index (χ0v) is 11.2. The number of benzene rings is 1. The van der Waals surface area contributed by atoms with Gasteiger partial charge in [-0.25, -0.2) is 9.78 Å². The van der Waals surface area contributed by atoms with E-state index in [1.165, 1.54) is 7.11 Å². The van der Waals surface area contributed by atoms with Crippen LogP contribution in [0.3, 0.4) is 0 Å². The van der Waals surface area contributed by atoms with Crippen molar-refractivity contribution in [1.29, 1.82) is 0 Å². The highest BCUT2D eigenvalue weighted by Gasteiger charge is 2.10. The van der Waals surface area contributed by atoms with E-state index < -0.39 is 5.97 Å². The summed E-state index contributed by atoms with van der Waals surface area (Å²) in [5, 5.41) is 1.02. The molecule has 0 aliphatic rings. The Morgan fingerprint density at radius 1 is 1.41 bits per heavy atom. The number of rotatable bonds is 2. The average molecular weight is 294 g/mol. The summed E-state index contributed by atoms with van der Waals surface area (Å²) in [7, 11) is 1.36. The predicted molar refractivity (Wildman–Crippen MR) is 70.2 cm³/mol. The maximum Gasteiger partial charge on any atom is 0.356 e. The van der Waals surface area contributed by atoms with E-state index in [4.69, 9.17) is 0 Å². The molecule has 0 saturated carbocycles. The summed E-state index contributed by atoms with van der Waals surface area (Å²) in [4.78, 5) is 15.8. The minimum absolute atomic E-state index is 0.344. The first-order valence-electron chi connectivity index (χ1n) is 5.33. The zero-order chi connectivity index (χ0) is 12.4. The van der Waals surface area contributed by atoms with Gasteiger partial charge < -0.3 is 4.74 Å². The van der Waals surface area contributed by atoms with Crippen LogP contribution in [0.5, 0.6) is 0 Å². The summed E-state index contributed by atoms with van der Waals surface area (Å²) in [5.41, 5.74) is 2.32. The maximum atomic E-state index is 11.4. The fraction of sp³-hybridized carbons (Fsp3) is 0.231. The Morgan fingerprint density at radius 2 is 2.18 bits per heavy atom. The van der Waals surface area contributed by atoms with Gasteiger partial charge in [0.25, 0.3) is 0 Å². The Bertz CT molecular complexity index is 581. The minimum Gasteiger partial charge on any atom is -0.464 e. The van der Waals surface area contributed by atoms with Crippen LogP contribution in [-0.2, 0) is 11.2 Å². The third-order valence-corrected chi connectivity index (χ3v) is 3.07. The van der Waals surface area contributed by atoms with Crippen molar-refractivity contribution in [2.75, 3.05) is 7.11 Å². The molecule has 1 heterocycles. The van der Waals surface area contributed by atoms with Gasteiger partial charge >= 0.3 is 5.97 Å². The summed E-state index contributed by atoms with van der Waals surface area (Å²) < 4.78 is 5.69. The summed E-state index contributed by atoms with van der Waals surface area (Å²) in [6, 6.07) is 7.58. The number of carbonyl (C=O) groups excluding carboxylic acids is 1. The third kappa shape index (κ3) is 2.31. The molecule has 0 N–H and O–H groups in total. The Labute approximate surface area is 108 Å². The lowest BCUT2D eigenvalue weighted by molar-refractivity contribution is 0.0594. The molecule has 0 aliphatic carbocycles. The van der Waals surface area contributed by atoms with E-state index in [2.05, 4.69) is 32.6 Å². The number of carbonyl (C=O) groups is 1. The number of hydrogen-bond acceptors (Lipinski definition) is 3. The number of pyridine rings is 1. The first kappa shape index (κ1) is 12.0. The number of halogens is 1. The summed E-state index contributed by atoms with van der Waals surface area (Å²) in [6.07, 6.45) is 0.869. The Hall–Kier alpha value is -1.42. The van der Waals surface area contributed by atoms with E-state index in [9.17, 15) is 4.79 Å². The molecule has 2 aromatic rings. The lowest BCUT2D eigenvalue weighted by Crippen LogP contribution is -2.04. The molecule has 1 aromatic heterocycles. The number of aromatic nitrogens is 1. The molecule has 1 aromatic carbocycles. The highest BCUT2D eigenvalue weighted by Crippen LogP contribution is 2.23. The smallest absolute Gasteiger partial charge is 0.356 e. The first-order chi connectivity index (χ1) is 8.15. The summed E-state index contributed by atoms with van der Waals surface area (Å²) in [5.74, 6) is -0.406. The molecule has 0 aliphatic heterocycles. The van der Waals surface area contributed by atoms with Gasteiger partial charge in [-0.05, 0) is 30.2 Å². The predicted octanol–water partition coefficient (Wildman–Crippen LogP) is 3.35. The molecule has 17 heavy (non-hydrogen) atoms. The van der Waals surface area contributed by atoms with Crippen molar-refractivity contribution in [3.8, 4) is 0 Å². The molecule has 0 amide bonds. The van der Waals surface area contributed by atoms with Crippen LogP contribution in [0.15, 0.2) is 28.7 Å². The SMILES string of the molecule is CCc1cc(Br)cc2ccc(C(=O)OC)nc12. The lowest BCUT2D eigenvalue weighted by Gasteiger charge is -2.06. The van der Waals surface area contributed by atoms with Crippen LogP contribution in [0.25, 0.3) is 10.9 Å². The van der Waals surface area contributed by atoms with Crippen molar-refractivity contribution in [2.24, 2.45) is 0 Å². The number of aryl methyl sites for hydroxylation is 1. The normalized spacial score (nSPS) is 10.5. The maximum absolute atomic E-state index is 11.4. The second-order valence-corrected chi connectivity index (χ2v) is 4.59. The summed E-state index contributed by atoms with van der Waals surface area (Å²) >= 11 is 3.47. The van der Waals surface area contributed by atoms with Crippen LogP contribution in [0, 0.1) is 0 Å². The molecule has 0 atom stereocenters. The first-order valence-corrected chi connectivity index (χ1v) is 6.12. The van der Waals surface area contributed by atoms with Crippen LogP contribution in [0.2, 0.25) is 0 Å². The van der Waals surface area contributed by atoms with Gasteiger partial charge in [-0.15, -0.1) is 0 Å². The van der Waals surface area contributed by atoms with E-state index >= 15 is 0 Å². The molecular weight excluding hydrogens is 282 g/mol. The highest BCUT2D eigenvalue weighted by molar-refractivity contribution is 9.10. The fourth-order valence-electron chi connectivity index (χ4n) is 1.76. The lowest BCUT2D eigenvalue weighted by atomic mass is 10.1. The van der Waals surface area contributed by atoms with Gasteiger partial charge in [0.1, 0.15) is 5.69 Å². The van der Waals surface area contributed by atoms with Crippen molar-refractivity contribution in [2.45, 2.75) is 13.3 Å². The monoisotopic (exact) mass is 293 g/mol. The summed E-state index contributed by atoms with van der Waals surface area (Å²) in [6.45, 7) is 2.06. The van der Waals surface area contributed by atoms with Gasteiger partial charge in [-0.2, -0.15) is 0 Å². The Morgan fingerprint density at radius 3 is 2.82 bits per heavy atom. The number of hydrogen-bond donors (Lipinski definition) is 0. The molecule has 2 rings (SSSR count). The number of nitrogens with zero attached hydrogens (tertiary/aromatic N) is 1. The number of methoxy groups -OCH3 is 1. The molecule has 3 nitrogen and oxygen atoms in total. The van der Waals surface area contributed by atoms with E-state index in [1.807, 2.05) is 18.2 Å². The van der Waals surface area contributed by atoms with Crippen molar-refractivity contribution in [3.05, 3.63) is 40.0 Å². The molecule has 0 unspecified atom stereocenters. The standard InChI is InChI=1S/C13H12BrNO2/c1-3-8-6-10(14)7-9-4-5-11(13(16)17-2)15-12(8)9/h4-7H,3H2,1-2H3. The van der Waals surface area contributed by atoms with Crippen LogP contribution in [-0.4, -0.2) is 18.1 Å². The largest absolute Gasteiger partial charge is 0.464 e. The number of esters is 1. The van der Waals surface area contributed by atoms with Gasteiger partial charge in [-0.3, -0.25) is 0 Å². The third-order valence-electron chi connectivity index (χ3n) is 2.61. The molecule has 0 spiro atoms. The van der Waals surface area contributed by atoms with E-state index in [0.29, 0.717) is 5.69 Å². The molecule has 0 radical (unpaired) electrons. The molecule has 88 valence electrons. The Balaban J connectivity index is 2.67. The number of ether oxygens (including phenoxy) is 1. The molecule has 0 bridgehead atoms. The van der Waals surface area contributed by atoms with Crippen LogP contribution in [0.1, 0.15) is 23.0 Å². The average Bonchev–Trinajstić information content (AvgIpc) is 2.36. The van der Waals surface area contributed by atoms with Gasteiger partial charge in [0.05, 0.1) is 12.6 Å². The van der Waals surface area contributed by atoms with E-state index in [-0.39, 0.29) is 0 Å². The number of fused-ring (bicyclic) bond motifs is 1. The second kappa shape index (κ2) is 4.84. The fourth-order valence-corrected chi connectivity index (χ4v) is 2.28. The van der Waals surface area contributed by atoms with Crippen molar-refractivity contribution in [1.82, 2.24) is 4.98 Å². The van der Waals surface area contributed by atoms with Crippen LogP contribution in [0.4, 0.5) is 0 Å². The second-order valence-electron chi connectivity index (χ2n) is 3.68. The molecule has 0 fully saturated rings. The van der Waals surface area contributed by atoms with Crippen molar-refractivity contribution >= 4 is 32.8 Å². The van der Waals surface area contributed by atoms with Crippen molar-refractivity contribution in [3.63, 3.8) is 0 Å². The van der Waals surface area contributed by atoms with E-state index in [1.54, 1.807) is 6.07 Å². The van der Waals surface area contributed by atoms with Crippen LogP contribution < -0.4 is 0 Å². The van der Waals surface area contributed by atoms with Gasteiger partial charge in [-0.1, -0.05) is 28.9 Å². The van der Waals surface area contributed by atoms with Crippen molar-refractivity contribution < 1.29 is 9.53 Å². The van der Waals surface area contributed by atoms with E-state index in [0.717, 1.165) is 27.4 Å². The van der Waals surface area contributed by atoms with Gasteiger partial charge in [0.2, 0.25) is 0 Å². The van der Waals surface area contributed by atoms with Gasteiger partial charge in [0, 0.05) is 9.86 Å².